The highest BCUT2D eigenvalue weighted by Gasteiger charge is 2.26. The van der Waals surface area contributed by atoms with Crippen molar-refractivity contribution in [2.75, 3.05) is 7.05 Å². The van der Waals surface area contributed by atoms with Gasteiger partial charge in [-0.3, -0.25) is 4.79 Å². The van der Waals surface area contributed by atoms with Crippen LogP contribution < -0.4 is 0 Å². The van der Waals surface area contributed by atoms with Crippen LogP contribution in [0.15, 0.2) is 21.3 Å². The zero-order valence-electron chi connectivity index (χ0n) is 8.91. The molecule has 0 aliphatic heterocycles. The number of hydrogen-bond acceptors (Lipinski definition) is 2. The lowest BCUT2D eigenvalue weighted by molar-refractivity contribution is 0.0651. The van der Waals surface area contributed by atoms with Crippen molar-refractivity contribution in [1.29, 1.82) is 0 Å². The summed E-state index contributed by atoms with van der Waals surface area (Å²) in [5.74, 6) is 0.0467. The maximum absolute atomic E-state index is 12.1. The molecule has 0 radical (unpaired) electrons. The summed E-state index contributed by atoms with van der Waals surface area (Å²) in [6, 6.07) is 2.21. The molecule has 1 fully saturated rings. The lowest BCUT2D eigenvalue weighted by atomic mass is 9.91. The Bertz CT molecular complexity index is 418. The SMILES string of the molecule is CN(C(=O)c1cnc(Br)c(Br)c1)C1CCC1. The summed E-state index contributed by atoms with van der Waals surface area (Å²) in [5.41, 5.74) is 0.629. The summed E-state index contributed by atoms with van der Waals surface area (Å²) < 4.78 is 1.52. The average Bonchev–Trinajstić information content (AvgIpc) is 2.18. The number of aromatic nitrogens is 1. The first-order valence-electron chi connectivity index (χ1n) is 5.18. The fraction of sp³-hybridized carbons (Fsp3) is 0.455. The third-order valence-electron chi connectivity index (χ3n) is 2.99. The maximum atomic E-state index is 12.1. The van der Waals surface area contributed by atoms with Crippen LogP contribution in [0.5, 0.6) is 0 Å². The number of nitrogens with zero attached hydrogens (tertiary/aromatic N) is 2. The molecule has 1 saturated carbocycles. The van der Waals surface area contributed by atoms with Crippen molar-refractivity contribution in [3.8, 4) is 0 Å². The Morgan fingerprint density at radius 2 is 2.19 bits per heavy atom. The first-order valence-corrected chi connectivity index (χ1v) is 6.76. The molecule has 1 aromatic rings. The Labute approximate surface area is 111 Å². The first-order chi connectivity index (χ1) is 7.59. The first kappa shape index (κ1) is 12.0. The van der Waals surface area contributed by atoms with E-state index in [1.165, 1.54) is 6.42 Å². The topological polar surface area (TPSA) is 33.2 Å². The summed E-state index contributed by atoms with van der Waals surface area (Å²) in [5, 5.41) is 0. The van der Waals surface area contributed by atoms with E-state index in [1.807, 2.05) is 11.9 Å². The van der Waals surface area contributed by atoms with E-state index in [2.05, 4.69) is 36.8 Å². The Kier molecular flexibility index (Phi) is 3.64. The van der Waals surface area contributed by atoms with Gasteiger partial charge in [-0.2, -0.15) is 0 Å². The summed E-state index contributed by atoms with van der Waals surface area (Å²) >= 11 is 6.64. The van der Waals surface area contributed by atoms with Crippen LogP contribution in [0.3, 0.4) is 0 Å². The Morgan fingerprint density at radius 3 is 2.69 bits per heavy atom. The summed E-state index contributed by atoms with van der Waals surface area (Å²) in [6.07, 6.45) is 5.07. The van der Waals surface area contributed by atoms with E-state index in [4.69, 9.17) is 0 Å². The molecule has 1 aliphatic rings. The smallest absolute Gasteiger partial charge is 0.255 e. The normalized spacial score (nSPS) is 15.7. The van der Waals surface area contributed by atoms with Crippen LogP contribution in [0.2, 0.25) is 0 Å². The molecule has 5 heteroatoms. The molecule has 0 atom stereocenters. The summed E-state index contributed by atoms with van der Waals surface area (Å²) in [6.45, 7) is 0. The van der Waals surface area contributed by atoms with Gasteiger partial charge in [0.15, 0.2) is 0 Å². The fourth-order valence-electron chi connectivity index (χ4n) is 1.68. The van der Waals surface area contributed by atoms with Crippen molar-refractivity contribution in [2.45, 2.75) is 25.3 Å². The zero-order chi connectivity index (χ0) is 11.7. The highest BCUT2D eigenvalue weighted by molar-refractivity contribution is 9.13. The predicted molar refractivity (Wildman–Crippen MR) is 69.4 cm³/mol. The molecule has 0 unspecified atom stereocenters. The second-order valence-electron chi connectivity index (χ2n) is 4.00. The van der Waals surface area contributed by atoms with Crippen molar-refractivity contribution in [2.24, 2.45) is 0 Å². The number of rotatable bonds is 2. The van der Waals surface area contributed by atoms with Gasteiger partial charge in [-0.05, 0) is 57.2 Å². The largest absolute Gasteiger partial charge is 0.339 e. The number of pyridine rings is 1. The molecular weight excluding hydrogens is 336 g/mol. The minimum absolute atomic E-state index is 0.0467. The zero-order valence-corrected chi connectivity index (χ0v) is 12.1. The Hall–Kier alpha value is -0.420. The van der Waals surface area contributed by atoms with Crippen LogP contribution in [-0.2, 0) is 0 Å². The molecule has 0 spiro atoms. The third kappa shape index (κ3) is 2.30. The molecule has 3 nitrogen and oxygen atoms in total. The van der Waals surface area contributed by atoms with E-state index in [9.17, 15) is 4.79 Å². The van der Waals surface area contributed by atoms with Gasteiger partial charge in [-0.15, -0.1) is 0 Å². The van der Waals surface area contributed by atoms with Crippen LogP contribution in [0.25, 0.3) is 0 Å². The van der Waals surface area contributed by atoms with Crippen molar-refractivity contribution in [3.63, 3.8) is 0 Å². The van der Waals surface area contributed by atoms with Gasteiger partial charge in [0.25, 0.3) is 5.91 Å². The number of hydrogen-bond donors (Lipinski definition) is 0. The van der Waals surface area contributed by atoms with E-state index in [-0.39, 0.29) is 5.91 Å². The Morgan fingerprint density at radius 1 is 1.50 bits per heavy atom. The summed E-state index contributed by atoms with van der Waals surface area (Å²) in [4.78, 5) is 18.0. The molecule has 1 aliphatic carbocycles. The average molecular weight is 348 g/mol. The van der Waals surface area contributed by atoms with Crippen LogP contribution in [-0.4, -0.2) is 28.9 Å². The van der Waals surface area contributed by atoms with Gasteiger partial charge in [0.05, 0.1) is 10.0 Å². The highest BCUT2D eigenvalue weighted by Crippen LogP contribution is 2.26. The molecule has 0 saturated heterocycles. The third-order valence-corrected chi connectivity index (χ3v) is 4.75. The molecule has 0 bridgehead atoms. The van der Waals surface area contributed by atoms with Crippen LogP contribution in [0, 0.1) is 0 Å². The molecule has 0 N–H and O–H groups in total. The quantitative estimate of drug-likeness (QED) is 0.769. The molecule has 1 heterocycles. The number of amides is 1. The lowest BCUT2D eigenvalue weighted by Gasteiger charge is -2.34. The molecule has 86 valence electrons. The minimum atomic E-state index is 0.0467. The molecule has 1 aromatic heterocycles. The standard InChI is InChI=1S/C11H12Br2N2O/c1-15(8-3-2-4-8)11(16)7-5-9(12)10(13)14-6-7/h5-6,8H,2-4H2,1H3. The van der Waals surface area contributed by atoms with Gasteiger partial charge in [0, 0.05) is 19.3 Å². The van der Waals surface area contributed by atoms with E-state index >= 15 is 0 Å². The number of carbonyl (C=O) groups excluding carboxylic acids is 1. The highest BCUT2D eigenvalue weighted by atomic mass is 79.9. The molecule has 16 heavy (non-hydrogen) atoms. The minimum Gasteiger partial charge on any atom is -0.339 e. The number of halogens is 2. The van der Waals surface area contributed by atoms with Gasteiger partial charge in [0.2, 0.25) is 0 Å². The van der Waals surface area contributed by atoms with Gasteiger partial charge in [-0.1, -0.05) is 0 Å². The molecule has 2 rings (SSSR count). The van der Waals surface area contributed by atoms with Crippen molar-refractivity contribution < 1.29 is 4.79 Å². The van der Waals surface area contributed by atoms with Gasteiger partial charge in [0.1, 0.15) is 4.60 Å². The second kappa shape index (κ2) is 4.84. The van der Waals surface area contributed by atoms with E-state index < -0.39 is 0 Å². The summed E-state index contributed by atoms with van der Waals surface area (Å²) in [7, 11) is 1.86. The second-order valence-corrected chi connectivity index (χ2v) is 5.60. The molecule has 1 amide bonds. The van der Waals surface area contributed by atoms with Crippen LogP contribution in [0.1, 0.15) is 29.6 Å². The van der Waals surface area contributed by atoms with E-state index in [0.29, 0.717) is 11.6 Å². The Balaban J connectivity index is 2.16. The predicted octanol–water partition coefficient (Wildman–Crippen LogP) is 3.23. The van der Waals surface area contributed by atoms with Crippen molar-refractivity contribution in [1.82, 2.24) is 9.88 Å². The monoisotopic (exact) mass is 346 g/mol. The van der Waals surface area contributed by atoms with Crippen LogP contribution >= 0.6 is 31.9 Å². The molecule has 0 aromatic carbocycles. The maximum Gasteiger partial charge on any atom is 0.255 e. The van der Waals surface area contributed by atoms with E-state index in [0.717, 1.165) is 21.9 Å². The van der Waals surface area contributed by atoms with Crippen LogP contribution in [0.4, 0.5) is 0 Å². The van der Waals surface area contributed by atoms with Gasteiger partial charge >= 0.3 is 0 Å². The van der Waals surface area contributed by atoms with Crippen molar-refractivity contribution in [3.05, 3.63) is 26.9 Å². The van der Waals surface area contributed by atoms with Gasteiger partial charge in [-0.25, -0.2) is 4.98 Å². The molecular formula is C11H12Br2N2O. The lowest BCUT2D eigenvalue weighted by Crippen LogP contribution is -2.41. The number of carbonyl (C=O) groups is 1. The van der Waals surface area contributed by atoms with E-state index in [1.54, 1.807) is 12.3 Å². The van der Waals surface area contributed by atoms with Crippen molar-refractivity contribution >= 4 is 37.8 Å². The fourth-order valence-corrected chi connectivity index (χ4v) is 2.25. The van der Waals surface area contributed by atoms with Gasteiger partial charge < -0.3 is 4.90 Å².